The van der Waals surface area contributed by atoms with Gasteiger partial charge in [-0.25, -0.2) is 9.59 Å². The molecule has 41 heavy (non-hydrogen) atoms. The highest BCUT2D eigenvalue weighted by atomic mass is 35.5. The summed E-state index contributed by atoms with van der Waals surface area (Å²) in [6, 6.07) is 13.9. The third-order valence-corrected chi connectivity index (χ3v) is 7.59. The van der Waals surface area contributed by atoms with Crippen LogP contribution in [0.4, 0.5) is 15.3 Å². The summed E-state index contributed by atoms with van der Waals surface area (Å²) >= 11 is 12.0. The van der Waals surface area contributed by atoms with Crippen LogP contribution >= 0.6 is 23.2 Å². The maximum atomic E-state index is 13.8. The van der Waals surface area contributed by atoms with Crippen LogP contribution in [0, 0.1) is 0 Å². The molecule has 0 radical (unpaired) electrons. The summed E-state index contributed by atoms with van der Waals surface area (Å²) in [4.78, 5) is 46.4. The highest BCUT2D eigenvalue weighted by molar-refractivity contribution is 6.42. The SMILES string of the molecule is CC(C)(C)OC(=O)N1CCN(COCc2ccccc2)C(C(=O)N2CCN(C(=O)Nc3ccc(Cl)c(Cl)c3)CC2)C1. The van der Waals surface area contributed by atoms with Crippen molar-refractivity contribution in [2.45, 2.75) is 39.0 Å². The van der Waals surface area contributed by atoms with Gasteiger partial charge in [0.1, 0.15) is 18.4 Å². The third kappa shape index (κ3) is 8.72. The molecule has 222 valence electrons. The molecule has 10 nitrogen and oxygen atoms in total. The topological polar surface area (TPSA) is 94.7 Å². The van der Waals surface area contributed by atoms with Crippen molar-refractivity contribution in [3.8, 4) is 0 Å². The minimum Gasteiger partial charge on any atom is -0.444 e. The normalized spacial score (nSPS) is 18.3. The summed E-state index contributed by atoms with van der Waals surface area (Å²) in [6.07, 6.45) is -0.441. The van der Waals surface area contributed by atoms with E-state index in [1.807, 2.05) is 56.0 Å². The van der Waals surface area contributed by atoms with Gasteiger partial charge in [0.25, 0.3) is 0 Å². The molecule has 0 spiro atoms. The second kappa shape index (κ2) is 13.7. The second-order valence-corrected chi connectivity index (χ2v) is 11.9. The lowest BCUT2D eigenvalue weighted by molar-refractivity contribution is -0.144. The van der Waals surface area contributed by atoms with Gasteiger partial charge in [-0.2, -0.15) is 0 Å². The first-order chi connectivity index (χ1) is 19.5. The summed E-state index contributed by atoms with van der Waals surface area (Å²) in [6.45, 7) is 8.69. The summed E-state index contributed by atoms with van der Waals surface area (Å²) in [7, 11) is 0. The molecular weight excluding hydrogens is 569 g/mol. The Morgan fingerprint density at radius 1 is 0.878 bits per heavy atom. The zero-order valence-electron chi connectivity index (χ0n) is 23.6. The molecule has 0 aliphatic carbocycles. The Kier molecular flexibility index (Phi) is 10.4. The highest BCUT2D eigenvalue weighted by Gasteiger charge is 2.39. The van der Waals surface area contributed by atoms with Crippen molar-refractivity contribution in [1.82, 2.24) is 19.6 Å². The number of hydrogen-bond acceptors (Lipinski definition) is 6. The number of nitrogens with one attached hydrogen (secondary N) is 1. The van der Waals surface area contributed by atoms with E-state index in [1.165, 1.54) is 0 Å². The minimum absolute atomic E-state index is 0.105. The predicted molar refractivity (Wildman–Crippen MR) is 158 cm³/mol. The average Bonchev–Trinajstić information content (AvgIpc) is 2.94. The zero-order valence-corrected chi connectivity index (χ0v) is 25.2. The molecule has 2 saturated heterocycles. The van der Waals surface area contributed by atoms with Gasteiger partial charge in [0.15, 0.2) is 0 Å². The first kappa shape index (κ1) is 30.9. The van der Waals surface area contributed by atoms with E-state index in [-0.39, 0.29) is 25.2 Å². The number of benzene rings is 2. The van der Waals surface area contributed by atoms with E-state index < -0.39 is 17.7 Å². The van der Waals surface area contributed by atoms with Gasteiger partial charge in [-0.1, -0.05) is 53.5 Å². The van der Waals surface area contributed by atoms with E-state index in [2.05, 4.69) is 5.32 Å². The molecule has 4 amide bonds. The van der Waals surface area contributed by atoms with E-state index in [0.717, 1.165) is 5.56 Å². The highest BCUT2D eigenvalue weighted by Crippen LogP contribution is 2.25. The molecule has 2 heterocycles. The fourth-order valence-electron chi connectivity index (χ4n) is 4.67. The van der Waals surface area contributed by atoms with Crippen LogP contribution in [0.15, 0.2) is 48.5 Å². The van der Waals surface area contributed by atoms with Gasteiger partial charge in [0, 0.05) is 51.5 Å². The minimum atomic E-state index is -0.638. The lowest BCUT2D eigenvalue weighted by Gasteiger charge is -2.43. The van der Waals surface area contributed by atoms with E-state index >= 15 is 0 Å². The third-order valence-electron chi connectivity index (χ3n) is 6.85. The molecule has 4 rings (SSSR count). The Morgan fingerprint density at radius 2 is 1.54 bits per heavy atom. The van der Waals surface area contributed by atoms with Crippen LogP contribution < -0.4 is 5.32 Å². The number of hydrogen-bond donors (Lipinski definition) is 1. The quantitative estimate of drug-likeness (QED) is 0.510. The van der Waals surface area contributed by atoms with Gasteiger partial charge in [0.2, 0.25) is 5.91 Å². The van der Waals surface area contributed by atoms with Crippen molar-refractivity contribution in [1.29, 1.82) is 0 Å². The van der Waals surface area contributed by atoms with Crippen molar-refractivity contribution in [3.05, 3.63) is 64.1 Å². The Hall–Kier alpha value is -3.05. The second-order valence-electron chi connectivity index (χ2n) is 11.1. The lowest BCUT2D eigenvalue weighted by atomic mass is 10.1. The molecule has 0 bridgehead atoms. The fourth-order valence-corrected chi connectivity index (χ4v) is 4.97. The summed E-state index contributed by atoms with van der Waals surface area (Å²) < 4.78 is 11.5. The molecule has 1 unspecified atom stereocenters. The largest absolute Gasteiger partial charge is 0.444 e. The molecule has 2 aliphatic heterocycles. The van der Waals surface area contributed by atoms with Crippen molar-refractivity contribution in [3.63, 3.8) is 0 Å². The summed E-state index contributed by atoms with van der Waals surface area (Å²) in [5, 5.41) is 3.58. The molecule has 1 N–H and O–H groups in total. The van der Waals surface area contributed by atoms with Gasteiger partial charge in [-0.05, 0) is 44.5 Å². The molecule has 2 aliphatic rings. The number of rotatable bonds is 6. The van der Waals surface area contributed by atoms with Crippen LogP contribution in [0.5, 0.6) is 0 Å². The van der Waals surface area contributed by atoms with E-state index in [0.29, 0.717) is 61.6 Å². The Bertz CT molecular complexity index is 1220. The van der Waals surface area contributed by atoms with Crippen LogP contribution in [-0.4, -0.2) is 102 Å². The fraction of sp³-hybridized carbons (Fsp3) is 0.483. The van der Waals surface area contributed by atoms with Gasteiger partial charge in [-0.15, -0.1) is 0 Å². The number of carbonyl (C=O) groups excluding carboxylic acids is 3. The van der Waals surface area contributed by atoms with E-state index in [1.54, 1.807) is 32.9 Å². The van der Waals surface area contributed by atoms with Crippen LogP contribution in [-0.2, 0) is 20.9 Å². The molecule has 12 heteroatoms. The van der Waals surface area contributed by atoms with Crippen LogP contribution in [0.2, 0.25) is 10.0 Å². The smallest absolute Gasteiger partial charge is 0.410 e. The molecule has 2 aromatic rings. The Balaban J connectivity index is 1.37. The van der Waals surface area contributed by atoms with Gasteiger partial charge < -0.3 is 29.5 Å². The van der Waals surface area contributed by atoms with Crippen LogP contribution in [0.25, 0.3) is 0 Å². The van der Waals surface area contributed by atoms with Gasteiger partial charge >= 0.3 is 12.1 Å². The van der Waals surface area contributed by atoms with E-state index in [9.17, 15) is 14.4 Å². The number of anilines is 1. The molecule has 0 aromatic heterocycles. The van der Waals surface area contributed by atoms with Crippen molar-refractivity contribution < 1.29 is 23.9 Å². The van der Waals surface area contributed by atoms with Crippen molar-refractivity contribution in [2.75, 3.05) is 57.9 Å². The number of piperazine rings is 2. The zero-order chi connectivity index (χ0) is 29.6. The van der Waals surface area contributed by atoms with Gasteiger partial charge in [0.05, 0.1) is 16.7 Å². The van der Waals surface area contributed by atoms with E-state index in [4.69, 9.17) is 32.7 Å². The molecule has 2 fully saturated rings. The number of ether oxygens (including phenoxy) is 2. The summed E-state index contributed by atoms with van der Waals surface area (Å²) in [5.74, 6) is -0.105. The number of urea groups is 1. The maximum absolute atomic E-state index is 13.8. The predicted octanol–water partition coefficient (Wildman–Crippen LogP) is 4.77. The number of nitrogens with zero attached hydrogens (tertiary/aromatic N) is 4. The number of halogens is 2. The summed E-state index contributed by atoms with van der Waals surface area (Å²) in [5.41, 5.74) is 0.942. The van der Waals surface area contributed by atoms with Gasteiger partial charge in [-0.3, -0.25) is 9.69 Å². The van der Waals surface area contributed by atoms with Crippen LogP contribution in [0.3, 0.4) is 0 Å². The Labute approximate surface area is 251 Å². The van der Waals surface area contributed by atoms with Crippen molar-refractivity contribution >= 4 is 46.9 Å². The standard InChI is InChI=1S/C29H37Cl2N5O5/c1-29(2,3)41-28(39)35-15-16-36(20-40-19-21-7-5-4-6-8-21)25(18-35)26(37)33-11-13-34(14-12-33)27(38)32-22-9-10-23(30)24(31)17-22/h4-10,17,25H,11-16,18-20H2,1-3H3,(H,32,38). The molecule has 2 aromatic carbocycles. The molecule has 0 saturated carbocycles. The monoisotopic (exact) mass is 605 g/mol. The van der Waals surface area contributed by atoms with Crippen molar-refractivity contribution in [2.24, 2.45) is 0 Å². The average molecular weight is 607 g/mol. The number of carbonyl (C=O) groups is 3. The Morgan fingerprint density at radius 3 is 2.20 bits per heavy atom. The first-order valence-electron chi connectivity index (χ1n) is 13.6. The first-order valence-corrected chi connectivity index (χ1v) is 14.4. The van der Waals surface area contributed by atoms with Crippen LogP contribution in [0.1, 0.15) is 26.3 Å². The maximum Gasteiger partial charge on any atom is 0.410 e. The lowest BCUT2D eigenvalue weighted by Crippen LogP contribution is -2.63. The molecule has 1 atom stereocenters. The molecular formula is C29H37Cl2N5O5. The number of amides is 4.